The molecule has 25 heavy (non-hydrogen) atoms. The Kier molecular flexibility index (Phi) is 5.46. The van der Waals surface area contributed by atoms with E-state index in [0.29, 0.717) is 31.8 Å². The average molecular weight is 366 g/mol. The van der Waals surface area contributed by atoms with Gasteiger partial charge in [0.05, 0.1) is 11.1 Å². The van der Waals surface area contributed by atoms with Crippen LogP contribution in [-0.2, 0) is 17.1 Å². The van der Waals surface area contributed by atoms with Crippen LogP contribution >= 0.6 is 0 Å². The molecule has 138 valence electrons. The molecule has 1 fully saturated rings. The zero-order chi connectivity index (χ0) is 18.8. The number of nitrogens with zero attached hydrogens (tertiary/aromatic N) is 1. The van der Waals surface area contributed by atoms with Crippen molar-refractivity contribution in [3.63, 3.8) is 0 Å². The topological polar surface area (TPSA) is 46.3 Å². The van der Waals surface area contributed by atoms with Gasteiger partial charge in [-0.15, -0.1) is 0 Å². The van der Waals surface area contributed by atoms with Gasteiger partial charge in [0, 0.05) is 19.2 Å². The van der Waals surface area contributed by atoms with Crippen LogP contribution in [0.5, 0.6) is 0 Å². The molecule has 1 amide bonds. The summed E-state index contributed by atoms with van der Waals surface area (Å²) in [6.45, 7) is 1.30. The molecule has 1 aromatic carbocycles. The highest BCUT2D eigenvalue weighted by molar-refractivity contribution is 5.92. The second-order valence-corrected chi connectivity index (χ2v) is 5.85. The third-order valence-corrected chi connectivity index (χ3v) is 3.96. The Morgan fingerprint density at radius 2 is 1.68 bits per heavy atom. The second kappa shape index (κ2) is 7.07. The van der Waals surface area contributed by atoms with Gasteiger partial charge in [-0.25, -0.2) is 0 Å². The van der Waals surface area contributed by atoms with Crippen molar-refractivity contribution < 1.29 is 31.1 Å². The summed E-state index contributed by atoms with van der Waals surface area (Å²) in [5, 5.41) is 0. The van der Waals surface area contributed by atoms with Gasteiger partial charge in [0.2, 0.25) is 5.91 Å². The number of hydrogen-bond acceptors (Lipinski definition) is 2. The van der Waals surface area contributed by atoms with Crippen LogP contribution in [0.2, 0.25) is 0 Å². The van der Waals surface area contributed by atoms with Crippen LogP contribution in [0.4, 0.5) is 26.3 Å². The number of nitrogens with two attached hydrogens (primary N) is 1. The number of alkyl halides is 6. The predicted molar refractivity (Wildman–Crippen MR) is 79.2 cm³/mol. The largest absolute Gasteiger partial charge is 0.416 e. The maximum absolute atomic E-state index is 12.8. The maximum atomic E-state index is 12.8. The Labute approximate surface area is 140 Å². The molecular formula is C16H16F6N2O. The van der Waals surface area contributed by atoms with Gasteiger partial charge < -0.3 is 10.6 Å². The fraction of sp³-hybridized carbons (Fsp3) is 0.438. The number of likely N-dealkylation sites (tertiary alicyclic amines) is 1. The summed E-state index contributed by atoms with van der Waals surface area (Å²) < 4.78 is 76.7. The molecule has 3 nitrogen and oxygen atoms in total. The highest BCUT2D eigenvalue weighted by Crippen LogP contribution is 2.36. The number of rotatable bonds is 3. The van der Waals surface area contributed by atoms with Gasteiger partial charge in [0.15, 0.2) is 0 Å². The van der Waals surface area contributed by atoms with Crippen molar-refractivity contribution in [3.05, 3.63) is 41.0 Å². The number of carbonyl (C=O) groups excluding carboxylic acids is 1. The van der Waals surface area contributed by atoms with Gasteiger partial charge in [-0.3, -0.25) is 4.79 Å². The molecule has 1 aliphatic heterocycles. The lowest BCUT2D eigenvalue weighted by atomic mass is 10.0. The van der Waals surface area contributed by atoms with E-state index in [1.54, 1.807) is 0 Å². The number of benzene rings is 1. The number of halogens is 6. The zero-order valence-electron chi connectivity index (χ0n) is 13.0. The van der Waals surface area contributed by atoms with Crippen molar-refractivity contribution in [1.29, 1.82) is 0 Å². The lowest BCUT2D eigenvalue weighted by Gasteiger charge is -2.14. The minimum absolute atomic E-state index is 0.0471. The molecule has 0 aromatic heterocycles. The summed E-state index contributed by atoms with van der Waals surface area (Å²) in [5.74, 6) is -0.315. The molecule has 9 heteroatoms. The van der Waals surface area contributed by atoms with E-state index in [2.05, 4.69) is 0 Å². The Morgan fingerprint density at radius 1 is 1.12 bits per heavy atom. The predicted octanol–water partition coefficient (Wildman–Crippen LogP) is 3.54. The molecule has 1 aliphatic rings. The van der Waals surface area contributed by atoms with Gasteiger partial charge in [0.1, 0.15) is 0 Å². The summed E-state index contributed by atoms with van der Waals surface area (Å²) >= 11 is 0. The highest BCUT2D eigenvalue weighted by Gasteiger charge is 2.36. The van der Waals surface area contributed by atoms with Gasteiger partial charge in [-0.2, -0.15) is 26.3 Å². The van der Waals surface area contributed by atoms with E-state index in [4.69, 9.17) is 5.73 Å². The molecule has 2 rings (SSSR count). The molecule has 1 aromatic rings. The molecule has 0 saturated carbocycles. The minimum atomic E-state index is -4.92. The van der Waals surface area contributed by atoms with Crippen molar-refractivity contribution >= 4 is 12.0 Å². The van der Waals surface area contributed by atoms with Crippen molar-refractivity contribution in [2.75, 3.05) is 19.6 Å². The van der Waals surface area contributed by atoms with Crippen LogP contribution in [0.3, 0.4) is 0 Å². The van der Waals surface area contributed by atoms with Crippen LogP contribution in [-0.4, -0.2) is 30.4 Å². The lowest BCUT2D eigenvalue weighted by molar-refractivity contribution is -0.143. The van der Waals surface area contributed by atoms with Gasteiger partial charge in [-0.1, -0.05) is 0 Å². The first-order chi connectivity index (χ1) is 11.5. The fourth-order valence-electron chi connectivity index (χ4n) is 2.57. The third-order valence-electron chi connectivity index (χ3n) is 3.96. The highest BCUT2D eigenvalue weighted by atomic mass is 19.4. The first-order valence-corrected chi connectivity index (χ1v) is 7.47. The molecule has 0 spiro atoms. The Morgan fingerprint density at radius 3 is 2.12 bits per heavy atom. The normalized spacial score (nSPS) is 19.0. The number of carbonyl (C=O) groups is 1. The lowest BCUT2D eigenvalue weighted by Crippen LogP contribution is -2.28. The quantitative estimate of drug-likeness (QED) is 0.657. The smallest absolute Gasteiger partial charge is 0.339 e. The standard InChI is InChI=1S/C16H16F6N2O/c17-15(18,19)12-5-10(6-13(7-12)16(20,21)22)1-2-14(25)24-4-3-11(8-23)9-24/h1-2,5-7,11H,3-4,8-9,23H2/b2-1+. The maximum Gasteiger partial charge on any atom is 0.416 e. The number of hydrogen-bond donors (Lipinski definition) is 1. The van der Waals surface area contributed by atoms with Crippen LogP contribution in [0.1, 0.15) is 23.1 Å². The first-order valence-electron chi connectivity index (χ1n) is 7.47. The molecule has 1 heterocycles. The summed E-state index contributed by atoms with van der Waals surface area (Å²) in [6.07, 6.45) is -7.18. The van der Waals surface area contributed by atoms with Crippen molar-refractivity contribution in [2.24, 2.45) is 11.7 Å². The molecule has 1 saturated heterocycles. The van der Waals surface area contributed by atoms with E-state index in [9.17, 15) is 31.1 Å². The first kappa shape index (κ1) is 19.3. The number of amides is 1. The summed E-state index contributed by atoms with van der Waals surface area (Å²) in [4.78, 5) is 13.5. The van der Waals surface area contributed by atoms with Crippen molar-refractivity contribution in [1.82, 2.24) is 4.90 Å². The summed E-state index contributed by atoms with van der Waals surface area (Å²) in [7, 11) is 0. The van der Waals surface area contributed by atoms with Crippen molar-refractivity contribution in [2.45, 2.75) is 18.8 Å². The average Bonchev–Trinajstić information content (AvgIpc) is 2.99. The molecule has 2 N–H and O–H groups in total. The van der Waals surface area contributed by atoms with E-state index >= 15 is 0 Å². The molecule has 0 radical (unpaired) electrons. The monoisotopic (exact) mass is 366 g/mol. The van der Waals surface area contributed by atoms with E-state index < -0.39 is 29.4 Å². The minimum Gasteiger partial charge on any atom is -0.339 e. The molecular weight excluding hydrogens is 350 g/mol. The Bertz CT molecular complexity index is 633. The molecule has 1 unspecified atom stereocenters. The van der Waals surface area contributed by atoms with Gasteiger partial charge in [-0.05, 0) is 48.7 Å². The SMILES string of the molecule is NCC1CCN(C(=O)/C=C/c2cc(C(F)(F)F)cc(C(F)(F)F)c2)C1. The van der Waals surface area contributed by atoms with E-state index in [0.717, 1.165) is 18.6 Å². The summed E-state index contributed by atoms with van der Waals surface area (Å²) in [5.41, 5.74) is 2.33. The third kappa shape index (κ3) is 4.97. The molecule has 0 aliphatic carbocycles. The van der Waals surface area contributed by atoms with Gasteiger partial charge >= 0.3 is 12.4 Å². The Hall–Kier alpha value is -2.03. The van der Waals surface area contributed by atoms with Gasteiger partial charge in [0.25, 0.3) is 0 Å². The molecule has 0 bridgehead atoms. The fourth-order valence-corrected chi connectivity index (χ4v) is 2.57. The van der Waals surface area contributed by atoms with Crippen LogP contribution < -0.4 is 5.73 Å². The Balaban J connectivity index is 2.25. The van der Waals surface area contributed by atoms with Crippen LogP contribution in [0.25, 0.3) is 6.08 Å². The van der Waals surface area contributed by atoms with E-state index in [1.165, 1.54) is 4.90 Å². The van der Waals surface area contributed by atoms with Crippen LogP contribution in [0, 0.1) is 5.92 Å². The van der Waals surface area contributed by atoms with Crippen molar-refractivity contribution in [3.8, 4) is 0 Å². The second-order valence-electron chi connectivity index (χ2n) is 5.85. The summed E-state index contributed by atoms with van der Waals surface area (Å²) in [6, 6.07) is 1.20. The van der Waals surface area contributed by atoms with Crippen LogP contribution in [0.15, 0.2) is 24.3 Å². The van der Waals surface area contributed by atoms with E-state index in [-0.39, 0.29) is 17.5 Å². The molecule has 1 atom stereocenters. The zero-order valence-corrected chi connectivity index (χ0v) is 13.0. The van der Waals surface area contributed by atoms with E-state index in [1.807, 2.05) is 0 Å².